The van der Waals surface area contributed by atoms with Crippen LogP contribution in [0.2, 0.25) is 5.02 Å². The van der Waals surface area contributed by atoms with Gasteiger partial charge < -0.3 is 0 Å². The van der Waals surface area contributed by atoms with Gasteiger partial charge in [0.05, 0.1) is 16.1 Å². The van der Waals surface area contributed by atoms with Gasteiger partial charge in [0.2, 0.25) is 5.78 Å². The van der Waals surface area contributed by atoms with Gasteiger partial charge in [0.25, 0.3) is 0 Å². The molecule has 3 rings (SSSR count). The fraction of sp³-hybridized carbons (Fsp3) is 0.429. The van der Waals surface area contributed by atoms with Gasteiger partial charge in [-0.25, -0.2) is 0 Å². The van der Waals surface area contributed by atoms with Crippen LogP contribution >= 0.6 is 22.9 Å². The number of rotatable bonds is 3. The smallest absolute Gasteiger partial charge is 0.222 e. The maximum absolute atomic E-state index is 12.6. The summed E-state index contributed by atoms with van der Waals surface area (Å²) in [6.07, 6.45) is 4.96. The minimum atomic E-state index is -0.00407. The molecule has 100 valence electrons. The summed E-state index contributed by atoms with van der Waals surface area (Å²) < 4.78 is 1.70. The average molecular weight is 295 g/mol. The standard InChI is InChI=1S/C14H15ClN2OS/c1-8(2)17-13(10(15)7-16-17)14(18)12-6-9-4-3-5-11(9)19-12/h6-8H,3-5H2,1-2H3. The van der Waals surface area contributed by atoms with E-state index in [0.717, 1.165) is 17.7 Å². The van der Waals surface area contributed by atoms with Crippen molar-refractivity contribution in [3.05, 3.63) is 38.3 Å². The number of fused-ring (bicyclic) bond motifs is 1. The number of aryl methyl sites for hydroxylation is 2. The van der Waals surface area contributed by atoms with E-state index in [1.165, 1.54) is 16.9 Å². The van der Waals surface area contributed by atoms with E-state index in [2.05, 4.69) is 5.10 Å². The lowest BCUT2D eigenvalue weighted by Gasteiger charge is -2.09. The molecule has 2 aromatic rings. The van der Waals surface area contributed by atoms with Crippen LogP contribution in [0.25, 0.3) is 0 Å². The third-order valence-electron chi connectivity index (χ3n) is 3.43. The first-order valence-electron chi connectivity index (χ1n) is 6.47. The minimum absolute atomic E-state index is 0.00407. The molecule has 0 aromatic carbocycles. The largest absolute Gasteiger partial charge is 0.286 e. The van der Waals surface area contributed by atoms with Crippen LogP contribution in [0.4, 0.5) is 0 Å². The third kappa shape index (κ3) is 2.13. The molecule has 1 aliphatic carbocycles. The molecule has 2 aromatic heterocycles. The van der Waals surface area contributed by atoms with Gasteiger partial charge in [0, 0.05) is 10.9 Å². The summed E-state index contributed by atoms with van der Waals surface area (Å²) in [6, 6.07) is 2.15. The van der Waals surface area contributed by atoms with E-state index in [4.69, 9.17) is 11.6 Å². The number of hydrogen-bond acceptors (Lipinski definition) is 3. The Morgan fingerprint density at radius 2 is 2.26 bits per heavy atom. The second kappa shape index (κ2) is 4.76. The Kier molecular flexibility index (Phi) is 3.23. The molecule has 0 fully saturated rings. The van der Waals surface area contributed by atoms with E-state index in [1.54, 1.807) is 22.2 Å². The summed E-state index contributed by atoms with van der Waals surface area (Å²) in [5, 5.41) is 4.63. The van der Waals surface area contributed by atoms with Crippen molar-refractivity contribution in [2.45, 2.75) is 39.2 Å². The Morgan fingerprint density at radius 3 is 2.95 bits per heavy atom. The van der Waals surface area contributed by atoms with Gasteiger partial charge in [0.1, 0.15) is 5.69 Å². The molecule has 0 radical (unpaired) electrons. The lowest BCUT2D eigenvalue weighted by Crippen LogP contribution is -2.13. The van der Waals surface area contributed by atoms with Crippen molar-refractivity contribution < 1.29 is 4.79 Å². The van der Waals surface area contributed by atoms with Crippen LogP contribution in [-0.2, 0) is 12.8 Å². The zero-order valence-corrected chi connectivity index (χ0v) is 12.5. The second-order valence-electron chi connectivity index (χ2n) is 5.12. The summed E-state index contributed by atoms with van der Waals surface area (Å²) in [5.41, 5.74) is 1.84. The lowest BCUT2D eigenvalue weighted by atomic mass is 10.2. The maximum atomic E-state index is 12.6. The van der Waals surface area contributed by atoms with Gasteiger partial charge in [-0.2, -0.15) is 5.10 Å². The molecule has 0 N–H and O–H groups in total. The van der Waals surface area contributed by atoms with Gasteiger partial charge in [0.15, 0.2) is 0 Å². The van der Waals surface area contributed by atoms with E-state index in [9.17, 15) is 4.79 Å². The van der Waals surface area contributed by atoms with Crippen molar-refractivity contribution >= 4 is 28.7 Å². The molecule has 3 nitrogen and oxygen atoms in total. The van der Waals surface area contributed by atoms with Crippen LogP contribution in [0, 0.1) is 0 Å². The van der Waals surface area contributed by atoms with Crippen molar-refractivity contribution in [1.29, 1.82) is 0 Å². The average Bonchev–Trinajstić information content (AvgIpc) is 3.00. The van der Waals surface area contributed by atoms with Gasteiger partial charge >= 0.3 is 0 Å². The first-order chi connectivity index (χ1) is 9.08. The number of ketones is 1. The van der Waals surface area contributed by atoms with E-state index in [1.807, 2.05) is 19.9 Å². The Labute approximate surface area is 121 Å². The Morgan fingerprint density at radius 1 is 1.47 bits per heavy atom. The minimum Gasteiger partial charge on any atom is -0.286 e. The van der Waals surface area contributed by atoms with Crippen LogP contribution in [-0.4, -0.2) is 15.6 Å². The molecule has 0 bridgehead atoms. The molecule has 19 heavy (non-hydrogen) atoms. The van der Waals surface area contributed by atoms with Gasteiger partial charge in [-0.15, -0.1) is 11.3 Å². The van der Waals surface area contributed by atoms with E-state index in [0.29, 0.717) is 10.7 Å². The topological polar surface area (TPSA) is 34.9 Å². The van der Waals surface area contributed by atoms with E-state index >= 15 is 0 Å². The molecule has 0 atom stereocenters. The quantitative estimate of drug-likeness (QED) is 0.805. The van der Waals surface area contributed by atoms with Crippen molar-refractivity contribution in [2.24, 2.45) is 0 Å². The molecule has 0 saturated heterocycles. The highest BCUT2D eigenvalue weighted by Crippen LogP contribution is 2.33. The normalized spacial score (nSPS) is 14.1. The number of hydrogen-bond donors (Lipinski definition) is 0. The predicted octanol–water partition coefficient (Wildman–Crippen LogP) is 3.90. The van der Waals surface area contributed by atoms with Gasteiger partial charge in [-0.1, -0.05) is 11.6 Å². The first-order valence-corrected chi connectivity index (χ1v) is 7.66. The molecule has 0 aliphatic heterocycles. The first kappa shape index (κ1) is 12.9. The molecule has 0 saturated carbocycles. The van der Waals surface area contributed by atoms with Crippen LogP contribution < -0.4 is 0 Å². The monoisotopic (exact) mass is 294 g/mol. The Hall–Kier alpha value is -1.13. The molecule has 5 heteroatoms. The number of thiophene rings is 1. The van der Waals surface area contributed by atoms with Crippen LogP contribution in [0.1, 0.15) is 52.1 Å². The van der Waals surface area contributed by atoms with Crippen LogP contribution in [0.3, 0.4) is 0 Å². The van der Waals surface area contributed by atoms with E-state index < -0.39 is 0 Å². The van der Waals surface area contributed by atoms with Crippen molar-refractivity contribution in [2.75, 3.05) is 0 Å². The summed E-state index contributed by atoms with van der Waals surface area (Å²) in [4.78, 5) is 14.8. The van der Waals surface area contributed by atoms with Crippen molar-refractivity contribution in [3.63, 3.8) is 0 Å². The Bertz CT molecular complexity index is 620. The molecular formula is C14H15ClN2OS. The Balaban J connectivity index is 2.01. The molecule has 2 heterocycles. The number of nitrogens with zero attached hydrogens (tertiary/aromatic N) is 2. The predicted molar refractivity (Wildman–Crippen MR) is 77.4 cm³/mol. The number of carbonyl (C=O) groups excluding carboxylic acids is 1. The highest BCUT2D eigenvalue weighted by molar-refractivity contribution is 7.14. The van der Waals surface area contributed by atoms with Gasteiger partial charge in [-0.05, 0) is 44.7 Å². The van der Waals surface area contributed by atoms with Gasteiger partial charge in [-0.3, -0.25) is 9.48 Å². The molecule has 0 unspecified atom stereocenters. The maximum Gasteiger partial charge on any atom is 0.222 e. The molecule has 1 aliphatic rings. The molecule has 0 spiro atoms. The summed E-state index contributed by atoms with van der Waals surface area (Å²) >= 11 is 7.74. The van der Waals surface area contributed by atoms with Crippen molar-refractivity contribution in [1.82, 2.24) is 9.78 Å². The fourth-order valence-corrected chi connectivity index (χ4v) is 3.91. The fourth-order valence-electron chi connectivity index (χ4n) is 2.50. The zero-order valence-electron chi connectivity index (χ0n) is 10.9. The second-order valence-corrected chi connectivity index (χ2v) is 6.67. The summed E-state index contributed by atoms with van der Waals surface area (Å²) in [5.74, 6) is -0.00407. The highest BCUT2D eigenvalue weighted by atomic mass is 35.5. The van der Waals surface area contributed by atoms with Crippen molar-refractivity contribution in [3.8, 4) is 0 Å². The van der Waals surface area contributed by atoms with E-state index in [-0.39, 0.29) is 11.8 Å². The number of halogens is 1. The number of aromatic nitrogens is 2. The SMILES string of the molecule is CC(C)n1ncc(Cl)c1C(=O)c1cc2c(s1)CCC2. The third-order valence-corrected chi connectivity index (χ3v) is 4.94. The summed E-state index contributed by atoms with van der Waals surface area (Å²) in [6.45, 7) is 3.99. The summed E-state index contributed by atoms with van der Waals surface area (Å²) in [7, 11) is 0. The number of carbonyl (C=O) groups is 1. The van der Waals surface area contributed by atoms with Crippen LogP contribution in [0.15, 0.2) is 12.3 Å². The lowest BCUT2D eigenvalue weighted by molar-refractivity contribution is 0.103. The van der Waals surface area contributed by atoms with Crippen LogP contribution in [0.5, 0.6) is 0 Å². The molecular weight excluding hydrogens is 280 g/mol. The highest BCUT2D eigenvalue weighted by Gasteiger charge is 2.24. The molecule has 0 amide bonds. The zero-order chi connectivity index (χ0) is 13.6.